The molecule has 0 bridgehead atoms. The molecule has 15 heavy (non-hydrogen) atoms. The molecule has 1 fully saturated rings. The Labute approximate surface area is 92.2 Å². The summed E-state index contributed by atoms with van der Waals surface area (Å²) in [7, 11) is 0. The number of hydrogen-bond donors (Lipinski definition) is 0. The van der Waals surface area contributed by atoms with Crippen molar-refractivity contribution in [1.29, 1.82) is 0 Å². The number of thiazole rings is 1. The van der Waals surface area contributed by atoms with Crippen LogP contribution in [-0.2, 0) is 6.42 Å². The molecular formula is C11H12N2OS. The van der Waals surface area contributed by atoms with Gasteiger partial charge in [-0.1, -0.05) is 0 Å². The van der Waals surface area contributed by atoms with Crippen LogP contribution in [0.4, 0.5) is 0 Å². The van der Waals surface area contributed by atoms with Gasteiger partial charge >= 0.3 is 0 Å². The molecule has 0 amide bonds. The molecule has 0 aliphatic heterocycles. The van der Waals surface area contributed by atoms with Crippen molar-refractivity contribution in [2.24, 2.45) is 5.92 Å². The van der Waals surface area contributed by atoms with Gasteiger partial charge in [-0.25, -0.2) is 9.97 Å². The second kappa shape index (κ2) is 3.45. The first kappa shape index (κ1) is 9.09. The molecule has 2 aromatic heterocycles. The summed E-state index contributed by atoms with van der Waals surface area (Å²) in [5, 5.41) is 1.07. The maximum atomic E-state index is 5.45. The molecule has 1 aliphatic carbocycles. The van der Waals surface area contributed by atoms with Gasteiger partial charge in [-0.3, -0.25) is 0 Å². The van der Waals surface area contributed by atoms with Crippen LogP contribution in [0.5, 0.6) is 0 Å². The zero-order valence-corrected chi connectivity index (χ0v) is 9.38. The smallest absolute Gasteiger partial charge is 0.181 e. The van der Waals surface area contributed by atoms with Crippen LogP contribution >= 0.6 is 11.3 Å². The van der Waals surface area contributed by atoms with Crippen molar-refractivity contribution < 1.29 is 4.42 Å². The lowest BCUT2D eigenvalue weighted by Crippen LogP contribution is -1.88. The molecule has 3 nitrogen and oxygen atoms in total. The minimum absolute atomic E-state index is 0.836. The van der Waals surface area contributed by atoms with Gasteiger partial charge in [0, 0.05) is 6.20 Å². The maximum Gasteiger partial charge on any atom is 0.181 e. The number of oxazole rings is 1. The second-order valence-corrected chi connectivity index (χ2v) is 5.25. The van der Waals surface area contributed by atoms with E-state index in [-0.39, 0.29) is 0 Å². The highest BCUT2D eigenvalue weighted by atomic mass is 32.1. The van der Waals surface area contributed by atoms with Gasteiger partial charge in [0.25, 0.3) is 0 Å². The van der Waals surface area contributed by atoms with Crippen molar-refractivity contribution in [2.45, 2.75) is 26.2 Å². The van der Waals surface area contributed by atoms with Gasteiger partial charge in [0.2, 0.25) is 0 Å². The summed E-state index contributed by atoms with van der Waals surface area (Å²) in [5.74, 6) is 1.76. The zero-order chi connectivity index (χ0) is 10.3. The summed E-state index contributed by atoms with van der Waals surface area (Å²) in [5.41, 5.74) is 1.10. The third-order valence-corrected chi connectivity index (χ3v) is 3.58. The van der Waals surface area contributed by atoms with Crippen molar-refractivity contribution in [3.05, 3.63) is 23.3 Å². The molecular weight excluding hydrogens is 208 g/mol. The quantitative estimate of drug-likeness (QED) is 0.798. The van der Waals surface area contributed by atoms with E-state index >= 15 is 0 Å². The van der Waals surface area contributed by atoms with Crippen LogP contribution in [-0.4, -0.2) is 9.97 Å². The standard InChI is InChI=1S/C11H12N2OS/c1-7-12-5-10(15-7)11-9(13-6-14-11)4-8-2-3-8/h5-6,8H,2-4H2,1H3. The Hall–Kier alpha value is -1.16. The Morgan fingerprint density at radius 3 is 3.00 bits per heavy atom. The fourth-order valence-corrected chi connectivity index (χ4v) is 2.46. The van der Waals surface area contributed by atoms with Gasteiger partial charge in [-0.15, -0.1) is 11.3 Å². The Morgan fingerprint density at radius 2 is 2.33 bits per heavy atom. The summed E-state index contributed by atoms with van der Waals surface area (Å²) in [6.45, 7) is 2.01. The van der Waals surface area contributed by atoms with Gasteiger partial charge < -0.3 is 4.42 Å². The van der Waals surface area contributed by atoms with Crippen molar-refractivity contribution in [1.82, 2.24) is 9.97 Å². The second-order valence-electron chi connectivity index (χ2n) is 4.02. The predicted octanol–water partition coefficient (Wildman–Crippen LogP) is 3.06. The number of aryl methyl sites for hydroxylation is 1. The maximum absolute atomic E-state index is 5.45. The number of rotatable bonds is 3. The van der Waals surface area contributed by atoms with Gasteiger partial charge in [0.05, 0.1) is 15.6 Å². The molecule has 78 valence electrons. The van der Waals surface area contributed by atoms with Crippen molar-refractivity contribution in [2.75, 3.05) is 0 Å². The fourth-order valence-electron chi connectivity index (χ4n) is 1.68. The highest BCUT2D eigenvalue weighted by Crippen LogP contribution is 2.36. The molecule has 0 radical (unpaired) electrons. The predicted molar refractivity (Wildman–Crippen MR) is 58.8 cm³/mol. The van der Waals surface area contributed by atoms with E-state index in [1.807, 2.05) is 13.1 Å². The summed E-state index contributed by atoms with van der Waals surface area (Å²) in [6, 6.07) is 0. The summed E-state index contributed by atoms with van der Waals surface area (Å²) in [4.78, 5) is 9.63. The van der Waals surface area contributed by atoms with Crippen molar-refractivity contribution in [3.63, 3.8) is 0 Å². The first-order valence-corrected chi connectivity index (χ1v) is 6.00. The SMILES string of the molecule is Cc1ncc(-c2ocnc2CC2CC2)s1. The molecule has 0 N–H and O–H groups in total. The Kier molecular flexibility index (Phi) is 2.09. The van der Waals surface area contributed by atoms with E-state index in [0.717, 1.165) is 33.7 Å². The molecule has 1 saturated carbocycles. The topological polar surface area (TPSA) is 38.9 Å². The van der Waals surface area contributed by atoms with E-state index in [9.17, 15) is 0 Å². The molecule has 0 saturated heterocycles. The average Bonchev–Trinajstić information content (AvgIpc) is 2.73. The van der Waals surface area contributed by atoms with Gasteiger partial charge in [-0.2, -0.15) is 0 Å². The van der Waals surface area contributed by atoms with Crippen LogP contribution < -0.4 is 0 Å². The third-order valence-electron chi connectivity index (χ3n) is 2.67. The van der Waals surface area contributed by atoms with Crippen LogP contribution in [0, 0.1) is 12.8 Å². The molecule has 0 aromatic carbocycles. The highest BCUT2D eigenvalue weighted by molar-refractivity contribution is 7.15. The summed E-state index contributed by atoms with van der Waals surface area (Å²) >= 11 is 1.66. The van der Waals surface area contributed by atoms with Gasteiger partial charge in [0.15, 0.2) is 12.2 Å². The molecule has 0 atom stereocenters. The highest BCUT2D eigenvalue weighted by Gasteiger charge is 2.25. The molecule has 2 aromatic rings. The minimum atomic E-state index is 0.836. The number of nitrogens with zero attached hydrogens (tertiary/aromatic N) is 2. The lowest BCUT2D eigenvalue weighted by molar-refractivity contribution is 0.571. The number of hydrogen-bond acceptors (Lipinski definition) is 4. The van der Waals surface area contributed by atoms with E-state index in [1.165, 1.54) is 12.8 Å². The summed E-state index contributed by atoms with van der Waals surface area (Å²) < 4.78 is 5.45. The minimum Gasteiger partial charge on any atom is -0.442 e. The van der Waals surface area contributed by atoms with Gasteiger partial charge in [0.1, 0.15) is 0 Å². The first-order chi connectivity index (χ1) is 7.33. The van der Waals surface area contributed by atoms with E-state index < -0.39 is 0 Å². The monoisotopic (exact) mass is 220 g/mol. The Morgan fingerprint density at radius 1 is 1.47 bits per heavy atom. The molecule has 0 unspecified atom stereocenters. The third kappa shape index (κ3) is 1.81. The first-order valence-electron chi connectivity index (χ1n) is 5.18. The Balaban J connectivity index is 1.92. The zero-order valence-electron chi connectivity index (χ0n) is 8.56. The van der Waals surface area contributed by atoms with E-state index in [4.69, 9.17) is 4.42 Å². The van der Waals surface area contributed by atoms with Crippen LogP contribution in [0.3, 0.4) is 0 Å². The van der Waals surface area contributed by atoms with Crippen molar-refractivity contribution in [3.8, 4) is 10.6 Å². The van der Waals surface area contributed by atoms with Crippen LogP contribution in [0.2, 0.25) is 0 Å². The molecule has 4 heteroatoms. The Bertz CT molecular complexity index is 470. The molecule has 0 spiro atoms. The average molecular weight is 220 g/mol. The van der Waals surface area contributed by atoms with Crippen LogP contribution in [0.15, 0.2) is 17.0 Å². The van der Waals surface area contributed by atoms with Crippen LogP contribution in [0.1, 0.15) is 23.5 Å². The molecule has 1 aliphatic rings. The molecule has 2 heterocycles. The van der Waals surface area contributed by atoms with Crippen molar-refractivity contribution >= 4 is 11.3 Å². The largest absolute Gasteiger partial charge is 0.442 e. The lowest BCUT2D eigenvalue weighted by Gasteiger charge is -1.95. The van der Waals surface area contributed by atoms with E-state index in [1.54, 1.807) is 17.7 Å². The van der Waals surface area contributed by atoms with E-state index in [0.29, 0.717) is 0 Å². The lowest BCUT2D eigenvalue weighted by atomic mass is 10.2. The van der Waals surface area contributed by atoms with E-state index in [2.05, 4.69) is 9.97 Å². The van der Waals surface area contributed by atoms with Crippen LogP contribution in [0.25, 0.3) is 10.6 Å². The summed E-state index contributed by atoms with van der Waals surface area (Å²) in [6.07, 6.45) is 7.16. The number of aromatic nitrogens is 2. The van der Waals surface area contributed by atoms with Gasteiger partial charge in [-0.05, 0) is 32.1 Å². The fraction of sp³-hybridized carbons (Fsp3) is 0.455. The molecule has 3 rings (SSSR count). The normalized spacial score (nSPS) is 15.8.